The number of anilines is 1. The number of nitrogens with two attached hydrogens (primary N) is 1. The van der Waals surface area contributed by atoms with Crippen LogP contribution in [0.5, 0.6) is 0 Å². The molecule has 2 rings (SSSR count). The summed E-state index contributed by atoms with van der Waals surface area (Å²) in [6, 6.07) is 0.151. The molecule has 2 atom stereocenters. The zero-order chi connectivity index (χ0) is 14.9. The van der Waals surface area contributed by atoms with E-state index in [0.29, 0.717) is 16.9 Å². The fraction of sp³-hybridized carbons (Fsp3) is 0.692. The predicted octanol–water partition coefficient (Wildman–Crippen LogP) is 0.351. The molecule has 0 radical (unpaired) electrons. The third kappa shape index (κ3) is 3.21. The van der Waals surface area contributed by atoms with E-state index in [1.807, 2.05) is 19.0 Å². The van der Waals surface area contributed by atoms with E-state index >= 15 is 0 Å². The Morgan fingerprint density at radius 1 is 1.50 bits per heavy atom. The van der Waals surface area contributed by atoms with E-state index < -0.39 is 0 Å². The smallest absolute Gasteiger partial charge is 0.283 e. The highest BCUT2D eigenvalue weighted by atomic mass is 79.9. The molecule has 2 unspecified atom stereocenters. The van der Waals surface area contributed by atoms with Crippen molar-refractivity contribution in [3.63, 3.8) is 0 Å². The van der Waals surface area contributed by atoms with Crippen molar-refractivity contribution < 1.29 is 0 Å². The number of rotatable bonds is 4. The molecule has 0 bridgehead atoms. The number of halogens is 1. The van der Waals surface area contributed by atoms with E-state index in [9.17, 15) is 4.79 Å². The normalized spacial score (nSPS) is 22.8. The summed E-state index contributed by atoms with van der Waals surface area (Å²) >= 11 is 3.42. The van der Waals surface area contributed by atoms with Crippen molar-refractivity contribution in [2.75, 3.05) is 38.6 Å². The van der Waals surface area contributed by atoms with Crippen molar-refractivity contribution in [3.8, 4) is 0 Å². The minimum atomic E-state index is -0.0857. The largest absolute Gasteiger partial charge is 0.367 e. The Morgan fingerprint density at radius 3 is 2.75 bits per heavy atom. The van der Waals surface area contributed by atoms with E-state index in [1.165, 1.54) is 4.68 Å². The van der Waals surface area contributed by atoms with Crippen molar-refractivity contribution in [2.45, 2.75) is 19.5 Å². The van der Waals surface area contributed by atoms with E-state index in [4.69, 9.17) is 5.73 Å². The summed E-state index contributed by atoms with van der Waals surface area (Å²) in [5, 5.41) is 4.27. The fourth-order valence-electron chi connectivity index (χ4n) is 2.32. The molecule has 1 aromatic heterocycles. The van der Waals surface area contributed by atoms with Crippen LogP contribution in [0, 0.1) is 5.92 Å². The molecule has 1 saturated heterocycles. The Labute approximate surface area is 127 Å². The third-order valence-electron chi connectivity index (χ3n) is 3.74. The highest BCUT2D eigenvalue weighted by Gasteiger charge is 2.28. The quantitative estimate of drug-likeness (QED) is 0.854. The van der Waals surface area contributed by atoms with Gasteiger partial charge in [0.1, 0.15) is 4.47 Å². The van der Waals surface area contributed by atoms with Crippen LogP contribution in [-0.2, 0) is 6.54 Å². The summed E-state index contributed by atoms with van der Waals surface area (Å²) < 4.78 is 2.07. The number of hydrogen-bond acceptors (Lipinski definition) is 5. The first-order valence-electron chi connectivity index (χ1n) is 6.81. The maximum Gasteiger partial charge on any atom is 0.283 e. The molecular formula is C13H22BrN5O. The van der Waals surface area contributed by atoms with Crippen LogP contribution in [-0.4, -0.2) is 54.5 Å². The second-order valence-electron chi connectivity index (χ2n) is 5.72. The summed E-state index contributed by atoms with van der Waals surface area (Å²) in [6.45, 7) is 5.13. The van der Waals surface area contributed by atoms with Gasteiger partial charge in [0, 0.05) is 25.7 Å². The SMILES string of the molecule is CC1CN(c2cnn(CCN(C)C)c(=O)c2Br)CC1N. The van der Waals surface area contributed by atoms with Crippen LogP contribution in [0.4, 0.5) is 5.69 Å². The molecule has 0 saturated carbocycles. The van der Waals surface area contributed by atoms with E-state index in [2.05, 4.69) is 32.9 Å². The first kappa shape index (κ1) is 15.5. The van der Waals surface area contributed by atoms with Crippen molar-refractivity contribution in [1.29, 1.82) is 0 Å². The minimum Gasteiger partial charge on any atom is -0.367 e. The van der Waals surface area contributed by atoms with Gasteiger partial charge in [-0.3, -0.25) is 4.79 Å². The molecule has 7 heteroatoms. The molecule has 0 aliphatic carbocycles. The van der Waals surface area contributed by atoms with Gasteiger partial charge in [0.05, 0.1) is 18.4 Å². The first-order valence-corrected chi connectivity index (χ1v) is 7.60. The van der Waals surface area contributed by atoms with Crippen LogP contribution < -0.4 is 16.2 Å². The minimum absolute atomic E-state index is 0.0857. The third-order valence-corrected chi connectivity index (χ3v) is 4.48. The van der Waals surface area contributed by atoms with Gasteiger partial charge in [-0.1, -0.05) is 6.92 Å². The molecule has 1 fully saturated rings. The molecule has 20 heavy (non-hydrogen) atoms. The van der Waals surface area contributed by atoms with Gasteiger partial charge in [-0.15, -0.1) is 0 Å². The molecule has 1 aliphatic rings. The van der Waals surface area contributed by atoms with Crippen LogP contribution in [0.15, 0.2) is 15.5 Å². The van der Waals surface area contributed by atoms with Gasteiger partial charge in [0.15, 0.2) is 0 Å². The molecule has 1 aliphatic heterocycles. The van der Waals surface area contributed by atoms with Crippen molar-refractivity contribution in [3.05, 3.63) is 21.0 Å². The Balaban J connectivity index is 2.21. The lowest BCUT2D eigenvalue weighted by Crippen LogP contribution is -2.32. The summed E-state index contributed by atoms with van der Waals surface area (Å²) in [5.41, 5.74) is 6.80. The lowest BCUT2D eigenvalue weighted by atomic mass is 10.1. The molecule has 0 aromatic carbocycles. The van der Waals surface area contributed by atoms with Gasteiger partial charge in [0.2, 0.25) is 0 Å². The molecule has 112 valence electrons. The van der Waals surface area contributed by atoms with Gasteiger partial charge in [0.25, 0.3) is 5.56 Å². The van der Waals surface area contributed by atoms with Gasteiger partial charge in [-0.25, -0.2) is 4.68 Å². The molecule has 0 amide bonds. The zero-order valence-corrected chi connectivity index (χ0v) is 13.8. The number of aromatic nitrogens is 2. The van der Waals surface area contributed by atoms with Crippen molar-refractivity contribution >= 4 is 21.6 Å². The van der Waals surface area contributed by atoms with E-state index in [0.717, 1.165) is 25.3 Å². The average Bonchev–Trinajstić information content (AvgIpc) is 2.71. The number of hydrogen-bond donors (Lipinski definition) is 1. The van der Waals surface area contributed by atoms with Gasteiger partial charge in [-0.2, -0.15) is 5.10 Å². The maximum absolute atomic E-state index is 12.3. The number of likely N-dealkylation sites (N-methyl/N-ethyl adjacent to an activating group) is 1. The Morgan fingerprint density at radius 2 is 2.20 bits per heavy atom. The molecule has 0 spiro atoms. The summed E-state index contributed by atoms with van der Waals surface area (Å²) in [6.07, 6.45) is 1.76. The standard InChI is InChI=1S/C13H22BrN5O/c1-9-7-18(8-10(9)15)11-6-16-19(5-4-17(2)3)13(20)12(11)14/h6,9-10H,4-5,7-8,15H2,1-3H3. The van der Waals surface area contributed by atoms with Crippen LogP contribution in [0.25, 0.3) is 0 Å². The summed E-state index contributed by atoms with van der Waals surface area (Å²) in [5.74, 6) is 0.429. The predicted molar refractivity (Wildman–Crippen MR) is 84.1 cm³/mol. The fourth-order valence-corrected chi connectivity index (χ4v) is 2.88. The highest BCUT2D eigenvalue weighted by molar-refractivity contribution is 9.10. The van der Waals surface area contributed by atoms with Crippen molar-refractivity contribution in [1.82, 2.24) is 14.7 Å². The second kappa shape index (κ2) is 6.24. The topological polar surface area (TPSA) is 67.4 Å². The van der Waals surface area contributed by atoms with Gasteiger partial charge < -0.3 is 15.5 Å². The Bertz CT molecular complexity index is 520. The van der Waals surface area contributed by atoms with Crippen LogP contribution in [0.3, 0.4) is 0 Å². The lowest BCUT2D eigenvalue weighted by molar-refractivity contribution is 0.367. The van der Waals surface area contributed by atoms with Gasteiger partial charge >= 0.3 is 0 Å². The Hall–Kier alpha value is -0.920. The molecule has 6 nitrogen and oxygen atoms in total. The number of nitrogens with zero attached hydrogens (tertiary/aromatic N) is 4. The zero-order valence-electron chi connectivity index (χ0n) is 12.2. The lowest BCUT2D eigenvalue weighted by Gasteiger charge is -2.20. The van der Waals surface area contributed by atoms with Crippen LogP contribution >= 0.6 is 15.9 Å². The van der Waals surface area contributed by atoms with Crippen molar-refractivity contribution in [2.24, 2.45) is 11.7 Å². The van der Waals surface area contributed by atoms with Crippen LogP contribution in [0.1, 0.15) is 6.92 Å². The van der Waals surface area contributed by atoms with E-state index in [-0.39, 0.29) is 11.6 Å². The molecule has 1 aromatic rings. The second-order valence-corrected chi connectivity index (χ2v) is 6.51. The van der Waals surface area contributed by atoms with Crippen LogP contribution in [0.2, 0.25) is 0 Å². The highest BCUT2D eigenvalue weighted by Crippen LogP contribution is 2.27. The van der Waals surface area contributed by atoms with E-state index in [1.54, 1.807) is 6.20 Å². The monoisotopic (exact) mass is 343 g/mol. The molecule has 2 N–H and O–H groups in total. The summed E-state index contributed by atoms with van der Waals surface area (Å²) in [4.78, 5) is 16.5. The van der Waals surface area contributed by atoms with Gasteiger partial charge in [-0.05, 0) is 35.9 Å². The maximum atomic E-state index is 12.3. The Kier molecular flexibility index (Phi) is 4.82. The average molecular weight is 344 g/mol. The summed E-state index contributed by atoms with van der Waals surface area (Å²) in [7, 11) is 3.95. The molecule has 2 heterocycles. The first-order chi connectivity index (χ1) is 9.40. The molecular weight excluding hydrogens is 322 g/mol.